The van der Waals surface area contributed by atoms with Gasteiger partial charge in [0, 0.05) is 32.8 Å². The van der Waals surface area contributed by atoms with Crippen LogP contribution in [0.4, 0.5) is 5.69 Å². The van der Waals surface area contributed by atoms with Gasteiger partial charge >= 0.3 is 5.97 Å². The molecule has 140 valence electrons. The van der Waals surface area contributed by atoms with Gasteiger partial charge in [-0.15, -0.1) is 0 Å². The first-order chi connectivity index (χ1) is 12.3. The molecule has 2 heterocycles. The molecule has 0 aromatic carbocycles. The first kappa shape index (κ1) is 19.2. The number of carbonyl (C=O) groups excluding carboxylic acids is 2. The Morgan fingerprint density at radius 2 is 1.96 bits per heavy atom. The maximum atomic E-state index is 12.3. The minimum absolute atomic E-state index is 0.0572. The Bertz CT molecular complexity index is 808. The van der Waals surface area contributed by atoms with Crippen LogP contribution in [0.25, 0.3) is 0 Å². The number of aromatic carboxylic acids is 1. The van der Waals surface area contributed by atoms with Crippen molar-refractivity contribution in [3.63, 3.8) is 0 Å². The van der Waals surface area contributed by atoms with Crippen LogP contribution in [0.3, 0.4) is 0 Å². The molecule has 0 atom stereocenters. The molecule has 26 heavy (non-hydrogen) atoms. The molecule has 0 fully saturated rings. The lowest BCUT2D eigenvalue weighted by molar-refractivity contribution is -0.116. The molecule has 0 spiro atoms. The zero-order valence-electron chi connectivity index (χ0n) is 14.9. The van der Waals surface area contributed by atoms with Gasteiger partial charge < -0.3 is 15.7 Å². The third kappa shape index (κ3) is 4.91. The molecular formula is C16H22N6O4. The van der Waals surface area contributed by atoms with Crippen molar-refractivity contribution in [3.05, 3.63) is 29.8 Å². The van der Waals surface area contributed by atoms with Gasteiger partial charge in [0.05, 0.1) is 23.6 Å². The first-order valence-corrected chi connectivity index (χ1v) is 8.13. The summed E-state index contributed by atoms with van der Waals surface area (Å²) in [4.78, 5) is 35.2. The Hall–Kier alpha value is -3.17. The summed E-state index contributed by atoms with van der Waals surface area (Å²) in [6.07, 6.45) is 4.06. The summed E-state index contributed by atoms with van der Waals surface area (Å²) < 4.78 is 2.78. The number of carboxylic acid groups (broad SMARTS) is 1. The third-order valence-electron chi connectivity index (χ3n) is 3.55. The summed E-state index contributed by atoms with van der Waals surface area (Å²) in [5.74, 6) is -1.42. The van der Waals surface area contributed by atoms with Crippen LogP contribution in [0.15, 0.2) is 18.6 Å². The van der Waals surface area contributed by atoms with Gasteiger partial charge in [-0.05, 0) is 5.92 Å². The second-order valence-corrected chi connectivity index (χ2v) is 6.23. The molecule has 0 aliphatic heterocycles. The quantitative estimate of drug-likeness (QED) is 0.634. The van der Waals surface area contributed by atoms with Crippen molar-refractivity contribution in [1.82, 2.24) is 24.9 Å². The van der Waals surface area contributed by atoms with Gasteiger partial charge in [0.25, 0.3) is 5.91 Å². The molecule has 0 bridgehead atoms. The van der Waals surface area contributed by atoms with Gasteiger partial charge in [0.15, 0.2) is 0 Å². The Morgan fingerprint density at radius 1 is 1.23 bits per heavy atom. The highest BCUT2D eigenvalue weighted by Crippen LogP contribution is 2.14. The number of nitrogens with zero attached hydrogens (tertiary/aromatic N) is 4. The average molecular weight is 362 g/mol. The number of carboxylic acids is 1. The van der Waals surface area contributed by atoms with E-state index < -0.39 is 5.97 Å². The summed E-state index contributed by atoms with van der Waals surface area (Å²) in [7, 11) is 1.62. The molecule has 2 aromatic heterocycles. The molecule has 2 rings (SSSR count). The van der Waals surface area contributed by atoms with Crippen LogP contribution in [0.5, 0.6) is 0 Å². The molecule has 0 radical (unpaired) electrons. The van der Waals surface area contributed by atoms with E-state index in [1.54, 1.807) is 7.05 Å². The SMILES string of the molecule is CC(C)CNC(=O)c1c(NC(=O)CCn2cc(C(=O)O)cn2)cnn1C. The van der Waals surface area contributed by atoms with E-state index in [-0.39, 0.29) is 36.0 Å². The number of rotatable bonds is 8. The molecule has 10 nitrogen and oxygen atoms in total. The number of carbonyl (C=O) groups is 3. The molecule has 0 unspecified atom stereocenters. The number of aromatic nitrogens is 4. The molecule has 0 saturated carbocycles. The van der Waals surface area contributed by atoms with Crippen molar-refractivity contribution in [2.24, 2.45) is 13.0 Å². The number of aryl methyl sites for hydroxylation is 2. The fraction of sp³-hybridized carbons (Fsp3) is 0.438. The van der Waals surface area contributed by atoms with Crippen molar-refractivity contribution in [1.29, 1.82) is 0 Å². The lowest BCUT2D eigenvalue weighted by Gasteiger charge is -2.10. The zero-order valence-corrected chi connectivity index (χ0v) is 14.9. The maximum absolute atomic E-state index is 12.3. The second kappa shape index (κ2) is 8.28. The number of anilines is 1. The van der Waals surface area contributed by atoms with E-state index >= 15 is 0 Å². The van der Waals surface area contributed by atoms with Crippen molar-refractivity contribution in [2.45, 2.75) is 26.8 Å². The second-order valence-electron chi connectivity index (χ2n) is 6.23. The van der Waals surface area contributed by atoms with Crippen LogP contribution in [0.1, 0.15) is 41.1 Å². The lowest BCUT2D eigenvalue weighted by atomic mass is 10.2. The normalized spacial score (nSPS) is 10.8. The monoisotopic (exact) mass is 362 g/mol. The predicted octanol–water partition coefficient (Wildman–Crippen LogP) is 0.729. The summed E-state index contributed by atoms with van der Waals surface area (Å²) in [6.45, 7) is 4.70. The molecule has 0 aliphatic carbocycles. The highest BCUT2D eigenvalue weighted by molar-refractivity contribution is 6.02. The largest absolute Gasteiger partial charge is 0.478 e. The van der Waals surface area contributed by atoms with E-state index in [2.05, 4.69) is 20.8 Å². The molecule has 2 amide bonds. The molecule has 0 saturated heterocycles. The Labute approximate surface area is 150 Å². The van der Waals surface area contributed by atoms with Gasteiger partial charge in [-0.1, -0.05) is 13.8 Å². The highest BCUT2D eigenvalue weighted by atomic mass is 16.4. The van der Waals surface area contributed by atoms with E-state index in [1.165, 1.54) is 28.0 Å². The maximum Gasteiger partial charge on any atom is 0.338 e. The molecule has 10 heteroatoms. The number of amides is 2. The number of hydrogen-bond donors (Lipinski definition) is 3. The van der Waals surface area contributed by atoms with Crippen molar-refractivity contribution in [2.75, 3.05) is 11.9 Å². The Morgan fingerprint density at radius 3 is 2.58 bits per heavy atom. The summed E-state index contributed by atoms with van der Waals surface area (Å²) >= 11 is 0. The minimum atomic E-state index is -1.08. The van der Waals surface area contributed by atoms with Crippen LogP contribution in [-0.4, -0.2) is 49.0 Å². The van der Waals surface area contributed by atoms with Crippen molar-refractivity contribution >= 4 is 23.5 Å². The Balaban J connectivity index is 1.96. The lowest BCUT2D eigenvalue weighted by Crippen LogP contribution is -2.30. The fourth-order valence-corrected chi connectivity index (χ4v) is 2.20. The van der Waals surface area contributed by atoms with Crippen molar-refractivity contribution in [3.8, 4) is 0 Å². The predicted molar refractivity (Wildman–Crippen MR) is 92.8 cm³/mol. The molecular weight excluding hydrogens is 340 g/mol. The molecule has 3 N–H and O–H groups in total. The number of hydrogen-bond acceptors (Lipinski definition) is 5. The first-order valence-electron chi connectivity index (χ1n) is 8.13. The Kier molecular flexibility index (Phi) is 6.10. The summed E-state index contributed by atoms with van der Waals surface area (Å²) in [5, 5.41) is 22.2. The summed E-state index contributed by atoms with van der Waals surface area (Å²) in [6, 6.07) is 0. The van der Waals surface area contributed by atoms with E-state index in [0.717, 1.165) is 0 Å². The third-order valence-corrected chi connectivity index (χ3v) is 3.55. The number of nitrogens with one attached hydrogen (secondary N) is 2. The van der Waals surface area contributed by atoms with Crippen molar-refractivity contribution < 1.29 is 19.5 Å². The molecule has 2 aromatic rings. The van der Waals surface area contributed by atoms with Gasteiger partial charge in [-0.3, -0.25) is 19.0 Å². The van der Waals surface area contributed by atoms with Crippen LogP contribution in [0, 0.1) is 5.92 Å². The van der Waals surface area contributed by atoms with Crippen LogP contribution < -0.4 is 10.6 Å². The smallest absolute Gasteiger partial charge is 0.338 e. The van der Waals surface area contributed by atoms with Gasteiger partial charge in [0.2, 0.25) is 5.91 Å². The van der Waals surface area contributed by atoms with Gasteiger partial charge in [-0.25, -0.2) is 4.79 Å². The van der Waals surface area contributed by atoms with Gasteiger partial charge in [0.1, 0.15) is 5.69 Å². The minimum Gasteiger partial charge on any atom is -0.478 e. The summed E-state index contributed by atoms with van der Waals surface area (Å²) in [5.41, 5.74) is 0.651. The van der Waals surface area contributed by atoms with E-state index in [0.29, 0.717) is 18.2 Å². The van der Waals surface area contributed by atoms with E-state index in [4.69, 9.17) is 5.11 Å². The highest BCUT2D eigenvalue weighted by Gasteiger charge is 2.18. The molecule has 0 aliphatic rings. The van der Waals surface area contributed by atoms with Crippen LogP contribution >= 0.6 is 0 Å². The fourth-order valence-electron chi connectivity index (χ4n) is 2.20. The van der Waals surface area contributed by atoms with Crippen LogP contribution in [-0.2, 0) is 18.4 Å². The van der Waals surface area contributed by atoms with E-state index in [1.807, 2.05) is 13.8 Å². The van der Waals surface area contributed by atoms with Crippen LogP contribution in [0.2, 0.25) is 0 Å². The topological polar surface area (TPSA) is 131 Å². The standard InChI is InChI=1S/C16H22N6O4/c1-10(2)6-17-15(24)14-12(8-18-21(14)3)20-13(23)4-5-22-9-11(7-19-22)16(25)26/h7-10H,4-6H2,1-3H3,(H,17,24)(H,20,23)(H,25,26). The van der Waals surface area contributed by atoms with Gasteiger partial charge in [-0.2, -0.15) is 10.2 Å². The van der Waals surface area contributed by atoms with E-state index in [9.17, 15) is 14.4 Å². The zero-order chi connectivity index (χ0) is 19.3. The average Bonchev–Trinajstić information content (AvgIpc) is 3.18.